The van der Waals surface area contributed by atoms with E-state index in [9.17, 15) is 4.79 Å². The molecule has 0 aliphatic carbocycles. The van der Waals surface area contributed by atoms with Crippen molar-refractivity contribution in [1.82, 2.24) is 24.8 Å². The highest BCUT2D eigenvalue weighted by Crippen LogP contribution is 2.29. The number of aryl methyl sites for hydroxylation is 1. The molecule has 1 aromatic carbocycles. The number of benzene rings is 1. The van der Waals surface area contributed by atoms with Crippen LogP contribution in [0.25, 0.3) is 11.0 Å². The van der Waals surface area contributed by atoms with Crippen LogP contribution in [0, 0.1) is 6.92 Å². The predicted octanol–water partition coefficient (Wildman–Crippen LogP) is 3.43. The summed E-state index contributed by atoms with van der Waals surface area (Å²) in [6.45, 7) is 2.70. The van der Waals surface area contributed by atoms with Gasteiger partial charge in [0, 0.05) is 24.5 Å². The molecule has 0 radical (unpaired) electrons. The van der Waals surface area contributed by atoms with Gasteiger partial charge in [0.1, 0.15) is 5.84 Å². The fraction of sp³-hybridized carbons (Fsp3) is 0.316. The molecule has 0 bridgehead atoms. The largest absolute Gasteiger partial charge is 0.298 e. The number of anilines is 1. The van der Waals surface area contributed by atoms with Gasteiger partial charge in [-0.25, -0.2) is 4.98 Å². The Balaban J connectivity index is 1.82. The van der Waals surface area contributed by atoms with Crippen LogP contribution < -0.4 is 5.32 Å². The molecule has 1 aliphatic heterocycles. The van der Waals surface area contributed by atoms with Crippen LogP contribution in [0.2, 0.25) is 0 Å². The van der Waals surface area contributed by atoms with Crippen LogP contribution in [0.3, 0.4) is 0 Å². The molecule has 28 heavy (non-hydrogen) atoms. The number of aromatic nitrogens is 4. The number of imidazole rings is 1. The summed E-state index contributed by atoms with van der Waals surface area (Å²) in [5.74, 6) is 1.01. The smallest absolute Gasteiger partial charge is 0.259 e. The van der Waals surface area contributed by atoms with E-state index in [1.165, 1.54) is 6.20 Å². The quantitative estimate of drug-likeness (QED) is 0.657. The fourth-order valence-corrected chi connectivity index (χ4v) is 3.80. The summed E-state index contributed by atoms with van der Waals surface area (Å²) < 4.78 is 2.83. The lowest BCUT2D eigenvalue weighted by Crippen LogP contribution is -2.22. The zero-order chi connectivity index (χ0) is 19.7. The molecular weight excluding hydrogens is 422 g/mol. The minimum Gasteiger partial charge on any atom is -0.298 e. The molecule has 3 heterocycles. The number of nitrogens with one attached hydrogen (secondary N) is 1. The van der Waals surface area contributed by atoms with Crippen molar-refractivity contribution in [3.63, 3.8) is 0 Å². The molecule has 1 amide bonds. The molecule has 2 aromatic heterocycles. The van der Waals surface area contributed by atoms with E-state index < -0.39 is 0 Å². The second kappa shape index (κ2) is 7.67. The molecule has 0 atom stereocenters. The molecule has 0 spiro atoms. The van der Waals surface area contributed by atoms with E-state index in [0.29, 0.717) is 17.2 Å². The highest BCUT2D eigenvalue weighted by Gasteiger charge is 2.21. The van der Waals surface area contributed by atoms with Crippen LogP contribution in [0.1, 0.15) is 35.3 Å². The summed E-state index contributed by atoms with van der Waals surface area (Å²) in [4.78, 5) is 17.5. The van der Waals surface area contributed by atoms with Crippen molar-refractivity contribution in [3.05, 3.63) is 46.2 Å². The minimum absolute atomic E-state index is 0.284. The third-order valence-corrected chi connectivity index (χ3v) is 5.21. The second-order valence-electron chi connectivity index (χ2n) is 6.77. The first kappa shape index (κ1) is 18.5. The number of carbonyl (C=O) groups is 1. The summed E-state index contributed by atoms with van der Waals surface area (Å²) in [6, 6.07) is 7.50. The number of rotatable bonds is 2. The Kier molecular flexibility index (Phi) is 5.08. The van der Waals surface area contributed by atoms with E-state index >= 15 is 0 Å². The summed E-state index contributed by atoms with van der Waals surface area (Å²) in [5, 5.41) is 17.4. The number of fused-ring (bicyclic) bond motifs is 1. The van der Waals surface area contributed by atoms with E-state index in [2.05, 4.69) is 36.4 Å². The number of amides is 1. The maximum atomic E-state index is 12.8. The van der Waals surface area contributed by atoms with Gasteiger partial charge < -0.3 is 0 Å². The SMILES string of the molecule is Cc1cc(C(=O)Nc2nc3cccc(Br)c3n2C2=NN(C)CCCC2)cnn1. The molecule has 0 saturated heterocycles. The molecule has 0 saturated carbocycles. The summed E-state index contributed by atoms with van der Waals surface area (Å²) >= 11 is 3.62. The first-order valence-corrected chi connectivity index (χ1v) is 9.89. The van der Waals surface area contributed by atoms with Crippen molar-refractivity contribution in [2.75, 3.05) is 18.9 Å². The highest BCUT2D eigenvalue weighted by molar-refractivity contribution is 9.10. The molecular formula is C19H20BrN7O. The number of hydrogen-bond donors (Lipinski definition) is 1. The zero-order valence-electron chi connectivity index (χ0n) is 15.7. The first-order chi connectivity index (χ1) is 13.5. The number of halogens is 1. The molecule has 3 aromatic rings. The molecule has 1 N–H and O–H groups in total. The Morgan fingerprint density at radius 1 is 1.29 bits per heavy atom. The van der Waals surface area contributed by atoms with Crippen molar-refractivity contribution < 1.29 is 4.79 Å². The second-order valence-corrected chi connectivity index (χ2v) is 7.63. The van der Waals surface area contributed by atoms with E-state index in [-0.39, 0.29) is 5.91 Å². The van der Waals surface area contributed by atoms with Gasteiger partial charge in [0.15, 0.2) is 0 Å². The van der Waals surface area contributed by atoms with Crippen LogP contribution in [0.4, 0.5) is 5.95 Å². The molecule has 4 rings (SSSR count). The molecule has 8 nitrogen and oxygen atoms in total. The van der Waals surface area contributed by atoms with Gasteiger partial charge in [0.05, 0.1) is 28.5 Å². The van der Waals surface area contributed by atoms with Gasteiger partial charge in [-0.1, -0.05) is 6.07 Å². The van der Waals surface area contributed by atoms with E-state index in [1.54, 1.807) is 13.0 Å². The number of hydrogen-bond acceptors (Lipinski definition) is 6. The molecule has 9 heteroatoms. The summed E-state index contributed by atoms with van der Waals surface area (Å²) in [5.41, 5.74) is 2.78. The van der Waals surface area contributed by atoms with Crippen molar-refractivity contribution in [1.29, 1.82) is 0 Å². The lowest BCUT2D eigenvalue weighted by atomic mass is 10.2. The Labute approximate surface area is 170 Å². The van der Waals surface area contributed by atoms with Gasteiger partial charge in [-0.2, -0.15) is 15.3 Å². The predicted molar refractivity (Wildman–Crippen MR) is 111 cm³/mol. The van der Waals surface area contributed by atoms with E-state index in [4.69, 9.17) is 5.10 Å². The lowest BCUT2D eigenvalue weighted by molar-refractivity contribution is 0.102. The standard InChI is InChI=1S/C19H20BrN7O/c1-12-10-13(11-21-24-12)18(28)23-19-22-15-7-5-6-14(20)17(15)27(19)16-8-3-4-9-26(2)25-16/h5-7,10-11H,3-4,8-9H2,1-2H3,(H,22,23,28). The van der Waals surface area contributed by atoms with Gasteiger partial charge >= 0.3 is 0 Å². The topological polar surface area (TPSA) is 88.3 Å². The fourth-order valence-electron chi connectivity index (χ4n) is 3.27. The van der Waals surface area contributed by atoms with Crippen LogP contribution >= 0.6 is 15.9 Å². The van der Waals surface area contributed by atoms with Gasteiger partial charge in [-0.05, 0) is 53.9 Å². The van der Waals surface area contributed by atoms with Crippen molar-refractivity contribution in [3.8, 4) is 0 Å². The number of hydrazone groups is 1. The average molecular weight is 442 g/mol. The highest BCUT2D eigenvalue weighted by atomic mass is 79.9. The lowest BCUT2D eigenvalue weighted by Gasteiger charge is -2.15. The van der Waals surface area contributed by atoms with Gasteiger partial charge in [0.2, 0.25) is 5.95 Å². The van der Waals surface area contributed by atoms with Crippen molar-refractivity contribution >= 4 is 44.7 Å². The first-order valence-electron chi connectivity index (χ1n) is 9.09. The van der Waals surface area contributed by atoms with Crippen LogP contribution in [-0.4, -0.2) is 50.1 Å². The Hall–Kier alpha value is -2.81. The molecule has 144 valence electrons. The Bertz CT molecular complexity index is 1080. The average Bonchev–Trinajstić information content (AvgIpc) is 2.89. The number of para-hydroxylation sites is 1. The van der Waals surface area contributed by atoms with Crippen LogP contribution in [0.5, 0.6) is 0 Å². The molecule has 0 unspecified atom stereocenters. The van der Waals surface area contributed by atoms with Crippen molar-refractivity contribution in [2.24, 2.45) is 5.10 Å². The third kappa shape index (κ3) is 3.62. The number of carbonyl (C=O) groups excluding carboxylic acids is 1. The summed E-state index contributed by atoms with van der Waals surface area (Å²) in [7, 11) is 1.96. The van der Waals surface area contributed by atoms with E-state index in [1.807, 2.05) is 34.8 Å². The molecule has 0 fully saturated rings. The number of nitrogens with zero attached hydrogens (tertiary/aromatic N) is 6. The minimum atomic E-state index is -0.284. The maximum absolute atomic E-state index is 12.8. The van der Waals surface area contributed by atoms with Gasteiger partial charge in [-0.15, -0.1) is 0 Å². The normalized spacial score (nSPS) is 14.7. The monoisotopic (exact) mass is 441 g/mol. The Morgan fingerprint density at radius 3 is 2.96 bits per heavy atom. The molecule has 1 aliphatic rings. The van der Waals surface area contributed by atoms with E-state index in [0.717, 1.165) is 47.1 Å². The third-order valence-electron chi connectivity index (χ3n) is 4.57. The zero-order valence-corrected chi connectivity index (χ0v) is 17.3. The van der Waals surface area contributed by atoms with Crippen molar-refractivity contribution in [2.45, 2.75) is 26.2 Å². The van der Waals surface area contributed by atoms with Gasteiger partial charge in [0.25, 0.3) is 5.91 Å². The van der Waals surface area contributed by atoms with Gasteiger partial charge in [-0.3, -0.25) is 19.7 Å². The Morgan fingerprint density at radius 2 is 2.14 bits per heavy atom. The van der Waals surface area contributed by atoms with Crippen LogP contribution in [-0.2, 0) is 0 Å². The van der Waals surface area contributed by atoms with Crippen LogP contribution in [0.15, 0.2) is 40.0 Å². The maximum Gasteiger partial charge on any atom is 0.259 e. The summed E-state index contributed by atoms with van der Waals surface area (Å²) in [6.07, 6.45) is 4.34.